The van der Waals surface area contributed by atoms with Crippen LogP contribution in [0.1, 0.15) is 36.5 Å². The first-order valence-electron chi connectivity index (χ1n) is 13.5. The molecule has 1 aliphatic heterocycles. The van der Waals surface area contributed by atoms with E-state index in [1.165, 1.54) is 4.90 Å². The Hall–Kier alpha value is -4.78. The lowest BCUT2D eigenvalue weighted by molar-refractivity contribution is -0.126. The second kappa shape index (κ2) is 10.1. The van der Waals surface area contributed by atoms with E-state index >= 15 is 0 Å². The monoisotopic (exact) mass is 531 g/mol. The Labute approximate surface area is 232 Å². The minimum Gasteiger partial charge on any atom is -0.358 e. The van der Waals surface area contributed by atoms with Crippen LogP contribution in [0.5, 0.6) is 0 Å². The van der Waals surface area contributed by atoms with E-state index in [1.54, 1.807) is 38.2 Å². The molecule has 1 saturated carbocycles. The number of carbonyl (C=O) groups excluding carboxylic acids is 4. The molecule has 0 aromatic heterocycles. The van der Waals surface area contributed by atoms with Gasteiger partial charge in [-0.2, -0.15) is 0 Å². The summed E-state index contributed by atoms with van der Waals surface area (Å²) in [6.07, 6.45) is 9.46. The average Bonchev–Trinajstić information content (AvgIpc) is 2.98. The zero-order valence-corrected chi connectivity index (χ0v) is 22.4. The number of rotatable bonds is 6. The Balaban J connectivity index is 1.48. The van der Waals surface area contributed by atoms with Crippen LogP contribution < -0.4 is 10.6 Å². The van der Waals surface area contributed by atoms with Crippen LogP contribution in [0, 0.1) is 11.8 Å². The second-order valence-electron chi connectivity index (χ2n) is 10.3. The number of nitrogens with zero attached hydrogens (tertiary/aromatic N) is 1. The van der Waals surface area contributed by atoms with Gasteiger partial charge in [0.25, 0.3) is 5.91 Å². The highest BCUT2D eigenvalue weighted by atomic mass is 16.2. The molecule has 0 radical (unpaired) electrons. The van der Waals surface area contributed by atoms with Crippen molar-refractivity contribution in [3.8, 4) is 0 Å². The van der Waals surface area contributed by atoms with Crippen molar-refractivity contribution in [1.29, 1.82) is 0 Å². The van der Waals surface area contributed by atoms with Crippen LogP contribution in [0.4, 0.5) is 11.4 Å². The van der Waals surface area contributed by atoms with Crippen molar-refractivity contribution in [2.75, 3.05) is 17.7 Å². The van der Waals surface area contributed by atoms with Gasteiger partial charge in [0.05, 0.1) is 11.5 Å². The number of carbonyl (C=O) groups is 4. The Morgan fingerprint density at radius 2 is 1.62 bits per heavy atom. The standard InChI is InChI=1S/C33H29N3O4/c1-3-26(37)35-21-13-9-12-20(18-21)34-24-16-17-25-29-27(22-14-7-8-15-23(22)32(39)28(24)29)30(33(40)36(25)2)31(38)19-10-5-4-6-11-19/h4-6,9-18,28-29,34H,3,7-8H2,1-2H3,(H,35,37). The number of amides is 2. The summed E-state index contributed by atoms with van der Waals surface area (Å²) in [4.78, 5) is 55.2. The Morgan fingerprint density at radius 3 is 2.38 bits per heavy atom. The van der Waals surface area contributed by atoms with E-state index in [1.807, 2.05) is 54.6 Å². The smallest absolute Gasteiger partial charge is 0.262 e. The second-order valence-corrected chi connectivity index (χ2v) is 10.3. The molecule has 40 heavy (non-hydrogen) atoms. The van der Waals surface area contributed by atoms with Crippen LogP contribution in [0.25, 0.3) is 0 Å². The van der Waals surface area contributed by atoms with Crippen molar-refractivity contribution in [3.63, 3.8) is 0 Å². The van der Waals surface area contributed by atoms with E-state index in [0.717, 1.165) is 18.5 Å². The van der Waals surface area contributed by atoms with Crippen LogP contribution >= 0.6 is 0 Å². The molecule has 0 saturated heterocycles. The van der Waals surface area contributed by atoms with Crippen LogP contribution in [-0.4, -0.2) is 35.3 Å². The summed E-state index contributed by atoms with van der Waals surface area (Å²) >= 11 is 0. The van der Waals surface area contributed by atoms with Crippen molar-refractivity contribution < 1.29 is 19.2 Å². The summed E-state index contributed by atoms with van der Waals surface area (Å²) in [5, 5.41) is 6.28. The minimum atomic E-state index is -0.639. The third-order valence-electron chi connectivity index (χ3n) is 7.92. The molecule has 1 fully saturated rings. The maximum absolute atomic E-state index is 14.1. The molecular formula is C33H29N3O4. The highest BCUT2D eigenvalue weighted by Gasteiger charge is 2.52. The van der Waals surface area contributed by atoms with Crippen molar-refractivity contribution >= 4 is 34.8 Å². The van der Waals surface area contributed by atoms with Gasteiger partial charge in [-0.05, 0) is 54.3 Å². The first-order chi connectivity index (χ1) is 19.4. The Bertz CT molecular complexity index is 1620. The van der Waals surface area contributed by atoms with Crippen molar-refractivity contribution in [2.45, 2.75) is 26.2 Å². The lowest BCUT2D eigenvalue weighted by atomic mass is 9.61. The van der Waals surface area contributed by atoms with Gasteiger partial charge >= 0.3 is 0 Å². The summed E-state index contributed by atoms with van der Waals surface area (Å²) in [6.45, 7) is 1.79. The first-order valence-corrected chi connectivity index (χ1v) is 13.5. The van der Waals surface area contributed by atoms with E-state index in [2.05, 4.69) is 10.6 Å². The number of fused-ring (bicyclic) bond motifs is 2. The summed E-state index contributed by atoms with van der Waals surface area (Å²) in [5.74, 6) is -1.96. The topological polar surface area (TPSA) is 95.6 Å². The zero-order chi connectivity index (χ0) is 28.0. The molecular weight excluding hydrogens is 502 g/mol. The zero-order valence-electron chi connectivity index (χ0n) is 22.4. The summed E-state index contributed by atoms with van der Waals surface area (Å²) in [7, 11) is 1.66. The van der Waals surface area contributed by atoms with E-state index in [9.17, 15) is 19.2 Å². The van der Waals surface area contributed by atoms with E-state index < -0.39 is 11.8 Å². The van der Waals surface area contributed by atoms with Gasteiger partial charge in [0.1, 0.15) is 0 Å². The number of ketones is 2. The Kier molecular flexibility index (Phi) is 6.42. The molecule has 1 heterocycles. The van der Waals surface area contributed by atoms with Crippen LogP contribution in [-0.2, 0) is 14.4 Å². The fraction of sp³-hybridized carbons (Fsp3) is 0.212. The summed E-state index contributed by atoms with van der Waals surface area (Å²) < 4.78 is 0. The first kappa shape index (κ1) is 25.5. The van der Waals surface area contributed by atoms with E-state index in [4.69, 9.17) is 0 Å². The molecule has 4 aliphatic rings. The van der Waals surface area contributed by atoms with E-state index in [-0.39, 0.29) is 29.0 Å². The van der Waals surface area contributed by atoms with Crippen LogP contribution in [0.2, 0.25) is 0 Å². The number of hydrogen-bond donors (Lipinski definition) is 2. The maximum Gasteiger partial charge on any atom is 0.262 e. The normalized spacial score (nSPS) is 21.4. The largest absolute Gasteiger partial charge is 0.358 e. The molecule has 0 spiro atoms. The molecule has 6 rings (SSSR count). The lowest BCUT2D eigenvalue weighted by Gasteiger charge is -2.46. The van der Waals surface area contributed by atoms with Crippen molar-refractivity contribution in [1.82, 2.24) is 4.90 Å². The number of anilines is 2. The molecule has 2 amide bonds. The molecule has 7 nitrogen and oxygen atoms in total. The average molecular weight is 532 g/mol. The molecule has 0 bridgehead atoms. The highest BCUT2D eigenvalue weighted by Crippen LogP contribution is 2.53. The highest BCUT2D eigenvalue weighted by molar-refractivity contribution is 6.28. The molecule has 200 valence electrons. The molecule has 2 atom stereocenters. The van der Waals surface area contributed by atoms with Gasteiger partial charge in [-0.25, -0.2) is 0 Å². The minimum absolute atomic E-state index is 0.0336. The van der Waals surface area contributed by atoms with Crippen molar-refractivity contribution in [2.24, 2.45) is 11.8 Å². The molecule has 2 N–H and O–H groups in total. The predicted octanol–water partition coefficient (Wildman–Crippen LogP) is 5.34. The van der Waals surface area contributed by atoms with Gasteiger partial charge in [0.15, 0.2) is 11.6 Å². The number of benzene rings is 2. The molecule has 2 aromatic carbocycles. The van der Waals surface area contributed by atoms with Gasteiger partial charge < -0.3 is 15.5 Å². The number of nitrogens with one attached hydrogen (secondary N) is 2. The number of allylic oxidation sites excluding steroid dienone is 8. The molecule has 3 aliphatic carbocycles. The number of likely N-dealkylation sites (N-methyl/N-ethyl adjacent to an activating group) is 1. The van der Waals surface area contributed by atoms with Crippen LogP contribution in [0.15, 0.2) is 113 Å². The van der Waals surface area contributed by atoms with Gasteiger partial charge in [-0.15, -0.1) is 0 Å². The molecule has 7 heteroatoms. The SMILES string of the molecule is CCC(=O)Nc1cccc(NC2=CC=C3C4C(=C(C(=O)c5ccccc5)C(=O)N3C)C3=CCCC=C3C(=O)C24)c1. The lowest BCUT2D eigenvalue weighted by Crippen LogP contribution is -2.49. The third-order valence-corrected chi connectivity index (χ3v) is 7.92. The number of hydrogen-bond acceptors (Lipinski definition) is 5. The quantitative estimate of drug-likeness (QED) is 0.388. The third kappa shape index (κ3) is 4.14. The summed E-state index contributed by atoms with van der Waals surface area (Å²) in [6, 6.07) is 16.2. The summed E-state index contributed by atoms with van der Waals surface area (Å²) in [5.41, 5.74) is 5.20. The van der Waals surface area contributed by atoms with Gasteiger partial charge in [0, 0.05) is 53.3 Å². The maximum atomic E-state index is 14.1. The molecule has 2 aromatic rings. The van der Waals surface area contributed by atoms with Gasteiger partial charge in [-0.1, -0.05) is 55.5 Å². The molecule has 2 unspecified atom stereocenters. The number of Topliss-reactive ketones (excluding diaryl/α,β-unsaturated/α-hetero) is 2. The fourth-order valence-corrected chi connectivity index (χ4v) is 6.01. The van der Waals surface area contributed by atoms with Gasteiger partial charge in [-0.3, -0.25) is 19.2 Å². The Morgan fingerprint density at radius 1 is 0.900 bits per heavy atom. The van der Waals surface area contributed by atoms with E-state index in [0.29, 0.717) is 45.8 Å². The fourth-order valence-electron chi connectivity index (χ4n) is 6.01. The van der Waals surface area contributed by atoms with Crippen LogP contribution in [0.3, 0.4) is 0 Å². The van der Waals surface area contributed by atoms with Crippen molar-refractivity contribution in [3.05, 3.63) is 118 Å². The predicted molar refractivity (Wildman–Crippen MR) is 153 cm³/mol. The van der Waals surface area contributed by atoms with Gasteiger partial charge in [0.2, 0.25) is 5.91 Å².